The summed E-state index contributed by atoms with van der Waals surface area (Å²) in [6.45, 7) is 7.09. The molecule has 2 aromatic rings. The van der Waals surface area contributed by atoms with E-state index in [1.165, 1.54) is 0 Å². The van der Waals surface area contributed by atoms with Gasteiger partial charge in [-0.05, 0) is 33.6 Å². The van der Waals surface area contributed by atoms with Crippen molar-refractivity contribution in [3.8, 4) is 0 Å². The van der Waals surface area contributed by atoms with Gasteiger partial charge in [0.2, 0.25) is 11.8 Å². The molecule has 0 unspecified atom stereocenters. The monoisotopic (exact) mass is 426 g/mol. The van der Waals surface area contributed by atoms with Gasteiger partial charge < -0.3 is 15.0 Å². The van der Waals surface area contributed by atoms with Crippen molar-refractivity contribution in [2.45, 2.75) is 64.1 Å². The quantitative estimate of drug-likeness (QED) is 0.730. The molecule has 0 bridgehead atoms. The number of carbonyl (C=O) groups is 2. The molecular weight excluding hydrogens is 396 g/mol. The highest BCUT2D eigenvalue weighted by Gasteiger charge is 2.49. The third kappa shape index (κ3) is 4.61. The van der Waals surface area contributed by atoms with Gasteiger partial charge in [-0.15, -0.1) is 0 Å². The lowest BCUT2D eigenvalue weighted by atomic mass is 9.92. The Morgan fingerprint density at radius 1 is 1.23 bits per heavy atom. The summed E-state index contributed by atoms with van der Waals surface area (Å²) in [4.78, 5) is 36.7. The van der Waals surface area contributed by atoms with Crippen LogP contribution in [0.4, 0.5) is 5.69 Å². The molecule has 31 heavy (non-hydrogen) atoms. The summed E-state index contributed by atoms with van der Waals surface area (Å²) in [6, 6.07) is -0.393. The smallest absolute Gasteiger partial charge is 0.230 e. The number of rotatable bonds is 7. The third-order valence-corrected chi connectivity index (χ3v) is 5.78. The summed E-state index contributed by atoms with van der Waals surface area (Å²) in [7, 11) is 1.64. The SMILES string of the molecule is COCCn1cc([C@H]2[C@@H](C(=O)Nc3cnc(C4CC4)nc3)CC(=O)N2C(C)(C)C)cn1. The number of methoxy groups -OCH3 is 1. The molecule has 0 spiro atoms. The van der Waals surface area contributed by atoms with Gasteiger partial charge in [-0.3, -0.25) is 14.3 Å². The van der Waals surface area contributed by atoms with Crippen LogP contribution in [-0.4, -0.2) is 55.7 Å². The van der Waals surface area contributed by atoms with Crippen molar-refractivity contribution in [2.75, 3.05) is 19.0 Å². The molecule has 9 nitrogen and oxygen atoms in total. The number of amides is 2. The Morgan fingerprint density at radius 2 is 1.94 bits per heavy atom. The van der Waals surface area contributed by atoms with E-state index < -0.39 is 17.5 Å². The topological polar surface area (TPSA) is 102 Å². The van der Waals surface area contributed by atoms with E-state index in [4.69, 9.17) is 4.74 Å². The molecule has 1 aliphatic carbocycles. The zero-order chi connectivity index (χ0) is 22.2. The van der Waals surface area contributed by atoms with E-state index in [2.05, 4.69) is 20.4 Å². The van der Waals surface area contributed by atoms with Crippen LogP contribution < -0.4 is 5.32 Å². The van der Waals surface area contributed by atoms with Crippen molar-refractivity contribution in [1.82, 2.24) is 24.6 Å². The zero-order valence-corrected chi connectivity index (χ0v) is 18.5. The Labute approximate surface area is 182 Å². The van der Waals surface area contributed by atoms with Crippen molar-refractivity contribution in [1.29, 1.82) is 0 Å². The molecule has 1 N–H and O–H groups in total. The molecule has 4 rings (SSSR count). The molecule has 2 aromatic heterocycles. The second-order valence-corrected chi connectivity index (χ2v) is 9.31. The van der Waals surface area contributed by atoms with Crippen LogP contribution in [0.1, 0.15) is 63.4 Å². The molecule has 1 saturated heterocycles. The Balaban J connectivity index is 1.57. The lowest BCUT2D eigenvalue weighted by molar-refractivity contribution is -0.133. The first-order chi connectivity index (χ1) is 14.8. The predicted octanol–water partition coefficient (Wildman–Crippen LogP) is 2.52. The van der Waals surface area contributed by atoms with E-state index in [1.807, 2.05) is 31.9 Å². The first kappa shape index (κ1) is 21.4. The van der Waals surface area contributed by atoms with E-state index in [0.717, 1.165) is 24.2 Å². The maximum atomic E-state index is 13.2. The fraction of sp³-hybridized carbons (Fsp3) is 0.591. The number of likely N-dealkylation sites (tertiary alicyclic amines) is 1. The van der Waals surface area contributed by atoms with Crippen LogP contribution in [0.5, 0.6) is 0 Å². The minimum absolute atomic E-state index is 0.0392. The second kappa shape index (κ2) is 8.37. The first-order valence-corrected chi connectivity index (χ1v) is 10.7. The van der Waals surface area contributed by atoms with Gasteiger partial charge in [0.15, 0.2) is 0 Å². The summed E-state index contributed by atoms with van der Waals surface area (Å²) in [5.41, 5.74) is 0.962. The number of hydrogen-bond donors (Lipinski definition) is 1. The van der Waals surface area contributed by atoms with Crippen molar-refractivity contribution in [3.05, 3.63) is 36.2 Å². The lowest BCUT2D eigenvalue weighted by Crippen LogP contribution is -2.44. The first-order valence-electron chi connectivity index (χ1n) is 10.7. The van der Waals surface area contributed by atoms with Gasteiger partial charge in [-0.25, -0.2) is 9.97 Å². The predicted molar refractivity (Wildman–Crippen MR) is 114 cm³/mol. The van der Waals surface area contributed by atoms with Crippen LogP contribution in [0.25, 0.3) is 0 Å². The molecule has 2 amide bonds. The fourth-order valence-electron chi connectivity index (χ4n) is 4.17. The summed E-state index contributed by atoms with van der Waals surface area (Å²) in [6.07, 6.45) is 9.33. The number of anilines is 1. The standard InChI is InChI=1S/C22H30N6O3/c1-22(2,3)28-18(29)9-17(19(28)15-10-25-27(13-15)7-8-31-4)21(30)26-16-11-23-20(24-12-16)14-5-6-14/h10-14,17,19H,5-9H2,1-4H3,(H,26,30)/t17-,19-/m0/s1. The number of hydrogen-bond acceptors (Lipinski definition) is 6. The molecule has 9 heteroatoms. The number of nitrogens with zero attached hydrogens (tertiary/aromatic N) is 5. The van der Waals surface area contributed by atoms with Crippen LogP contribution >= 0.6 is 0 Å². The maximum absolute atomic E-state index is 13.2. The van der Waals surface area contributed by atoms with Crippen LogP contribution in [0.15, 0.2) is 24.8 Å². The molecule has 3 heterocycles. The van der Waals surface area contributed by atoms with Gasteiger partial charge in [-0.1, -0.05) is 0 Å². The van der Waals surface area contributed by atoms with E-state index in [9.17, 15) is 9.59 Å². The summed E-state index contributed by atoms with van der Waals surface area (Å²) in [5.74, 6) is 0.501. The Morgan fingerprint density at radius 3 is 2.55 bits per heavy atom. The molecule has 2 atom stereocenters. The summed E-state index contributed by atoms with van der Waals surface area (Å²) >= 11 is 0. The fourth-order valence-corrected chi connectivity index (χ4v) is 4.17. The van der Waals surface area contributed by atoms with E-state index in [1.54, 1.807) is 30.4 Å². The van der Waals surface area contributed by atoms with Crippen LogP contribution in [0.3, 0.4) is 0 Å². The molecule has 1 saturated carbocycles. The van der Waals surface area contributed by atoms with Crippen LogP contribution in [-0.2, 0) is 20.9 Å². The van der Waals surface area contributed by atoms with Gasteiger partial charge in [0.05, 0.1) is 49.4 Å². The number of ether oxygens (including phenoxy) is 1. The van der Waals surface area contributed by atoms with Crippen molar-refractivity contribution >= 4 is 17.5 Å². The van der Waals surface area contributed by atoms with Gasteiger partial charge in [0.25, 0.3) is 0 Å². The summed E-state index contributed by atoms with van der Waals surface area (Å²) < 4.78 is 6.90. The van der Waals surface area contributed by atoms with Crippen molar-refractivity contribution in [3.63, 3.8) is 0 Å². The number of nitrogens with one attached hydrogen (secondary N) is 1. The lowest BCUT2D eigenvalue weighted by Gasteiger charge is -2.38. The third-order valence-electron chi connectivity index (χ3n) is 5.78. The molecular formula is C22H30N6O3. The highest BCUT2D eigenvalue weighted by molar-refractivity contribution is 5.98. The van der Waals surface area contributed by atoms with E-state index >= 15 is 0 Å². The number of aromatic nitrogens is 4. The van der Waals surface area contributed by atoms with Gasteiger partial charge >= 0.3 is 0 Å². The van der Waals surface area contributed by atoms with Crippen molar-refractivity contribution < 1.29 is 14.3 Å². The summed E-state index contributed by atoms with van der Waals surface area (Å²) in [5, 5.41) is 7.31. The second-order valence-electron chi connectivity index (χ2n) is 9.31. The molecule has 166 valence electrons. The average molecular weight is 427 g/mol. The Kier molecular flexibility index (Phi) is 5.79. The van der Waals surface area contributed by atoms with Gasteiger partial charge in [-0.2, -0.15) is 5.10 Å². The minimum Gasteiger partial charge on any atom is -0.383 e. The average Bonchev–Trinajstić information content (AvgIpc) is 3.35. The maximum Gasteiger partial charge on any atom is 0.230 e. The largest absolute Gasteiger partial charge is 0.383 e. The minimum atomic E-state index is -0.532. The molecule has 2 aliphatic rings. The van der Waals surface area contributed by atoms with Crippen LogP contribution in [0.2, 0.25) is 0 Å². The molecule has 0 radical (unpaired) electrons. The van der Waals surface area contributed by atoms with E-state index in [-0.39, 0.29) is 18.2 Å². The van der Waals surface area contributed by atoms with E-state index in [0.29, 0.717) is 24.8 Å². The zero-order valence-electron chi connectivity index (χ0n) is 18.5. The Bertz CT molecular complexity index is 945. The van der Waals surface area contributed by atoms with Gasteiger partial charge in [0.1, 0.15) is 5.82 Å². The number of carbonyl (C=O) groups excluding carboxylic acids is 2. The Hall–Kier alpha value is -2.81. The van der Waals surface area contributed by atoms with Gasteiger partial charge in [0, 0.05) is 36.7 Å². The molecule has 1 aliphatic heterocycles. The molecule has 2 fully saturated rings. The highest BCUT2D eigenvalue weighted by atomic mass is 16.5. The normalized spacial score (nSPS) is 21.5. The van der Waals surface area contributed by atoms with Crippen LogP contribution in [0, 0.1) is 5.92 Å². The van der Waals surface area contributed by atoms with Crippen molar-refractivity contribution in [2.24, 2.45) is 5.92 Å². The molecule has 0 aromatic carbocycles. The highest BCUT2D eigenvalue weighted by Crippen LogP contribution is 2.43.